The summed E-state index contributed by atoms with van der Waals surface area (Å²) in [6.45, 7) is 8.05. The highest BCUT2D eigenvalue weighted by molar-refractivity contribution is 4.95. The fraction of sp³-hybridized carbons (Fsp3) is 0.750. The molecule has 0 bridgehead atoms. The predicted octanol–water partition coefficient (Wildman–Crippen LogP) is 1.17. The minimum absolute atomic E-state index is 0.192. The van der Waals surface area contributed by atoms with Gasteiger partial charge in [0, 0.05) is 38.6 Å². The highest BCUT2D eigenvalue weighted by Gasteiger charge is 2.20. The minimum Gasteiger partial charge on any atom is -0.351 e. The molecule has 0 aliphatic carbocycles. The van der Waals surface area contributed by atoms with E-state index in [0.29, 0.717) is 19.6 Å². The number of hydrogen-bond acceptors (Lipinski definition) is 4. The number of nitrogens with zero attached hydrogens (tertiary/aromatic N) is 2. The van der Waals surface area contributed by atoms with Crippen LogP contribution >= 0.6 is 0 Å². The normalized spacial score (nSPS) is 13.2. The van der Waals surface area contributed by atoms with E-state index < -0.39 is 0 Å². The molecule has 0 spiro atoms. The van der Waals surface area contributed by atoms with E-state index in [-0.39, 0.29) is 12.3 Å². The third-order valence-corrected chi connectivity index (χ3v) is 2.57. The molecule has 0 fully saturated rings. The largest absolute Gasteiger partial charge is 0.351 e. The van der Waals surface area contributed by atoms with E-state index in [2.05, 4.69) is 16.5 Å². The molecule has 5 nitrogen and oxygen atoms in total. The Morgan fingerprint density at radius 3 is 2.47 bits per heavy atom. The van der Waals surface area contributed by atoms with Gasteiger partial charge in [0.25, 0.3) is 0 Å². The summed E-state index contributed by atoms with van der Waals surface area (Å²) in [7, 11) is 0. The molecular formula is C12H23N3O2. The molecule has 0 radical (unpaired) electrons. The van der Waals surface area contributed by atoms with Gasteiger partial charge in [-0.1, -0.05) is 0 Å². The van der Waals surface area contributed by atoms with Crippen LogP contribution in [0.3, 0.4) is 0 Å². The molecule has 1 atom stereocenters. The lowest BCUT2D eigenvalue weighted by molar-refractivity contribution is -0.148. The van der Waals surface area contributed by atoms with Crippen molar-refractivity contribution in [1.29, 1.82) is 0 Å². The van der Waals surface area contributed by atoms with Crippen molar-refractivity contribution >= 4 is 0 Å². The number of hydrogen-bond donors (Lipinski definition) is 1. The van der Waals surface area contributed by atoms with Gasteiger partial charge in [0.15, 0.2) is 6.29 Å². The van der Waals surface area contributed by atoms with Crippen LogP contribution in [-0.2, 0) is 22.4 Å². The van der Waals surface area contributed by atoms with Crippen molar-refractivity contribution in [2.24, 2.45) is 5.73 Å². The third-order valence-electron chi connectivity index (χ3n) is 2.57. The zero-order valence-electron chi connectivity index (χ0n) is 10.9. The Morgan fingerprint density at radius 2 is 1.94 bits per heavy atom. The maximum atomic E-state index is 6.10. The highest BCUT2D eigenvalue weighted by atomic mass is 16.7. The molecule has 98 valence electrons. The number of rotatable bonds is 8. The Balaban J connectivity index is 2.59. The van der Waals surface area contributed by atoms with Crippen molar-refractivity contribution in [1.82, 2.24) is 9.55 Å². The van der Waals surface area contributed by atoms with Crippen molar-refractivity contribution in [2.75, 3.05) is 13.2 Å². The van der Waals surface area contributed by atoms with Gasteiger partial charge in [0.2, 0.25) is 0 Å². The molecule has 0 aliphatic heterocycles. The van der Waals surface area contributed by atoms with Gasteiger partial charge in [0.05, 0.1) is 6.04 Å². The first-order valence-corrected chi connectivity index (χ1v) is 6.21. The van der Waals surface area contributed by atoms with Gasteiger partial charge in [0.1, 0.15) is 5.82 Å². The van der Waals surface area contributed by atoms with Crippen molar-refractivity contribution in [3.8, 4) is 0 Å². The van der Waals surface area contributed by atoms with Gasteiger partial charge in [-0.05, 0) is 20.8 Å². The summed E-state index contributed by atoms with van der Waals surface area (Å²) >= 11 is 0. The summed E-state index contributed by atoms with van der Waals surface area (Å²) in [4.78, 5) is 4.30. The van der Waals surface area contributed by atoms with Crippen molar-refractivity contribution < 1.29 is 9.47 Å². The Kier molecular flexibility index (Phi) is 6.18. The van der Waals surface area contributed by atoms with Crippen LogP contribution in [0.25, 0.3) is 0 Å². The molecule has 0 saturated heterocycles. The SMILES string of the molecule is CCOC(OCC)C(N)Cc1nccn1CC. The molecule has 0 aliphatic rings. The number of nitrogens with two attached hydrogens (primary N) is 1. The average molecular weight is 241 g/mol. The molecule has 1 rings (SSSR count). The van der Waals surface area contributed by atoms with Crippen LogP contribution in [0.2, 0.25) is 0 Å². The van der Waals surface area contributed by atoms with Gasteiger partial charge in [-0.2, -0.15) is 0 Å². The second kappa shape index (κ2) is 7.42. The van der Waals surface area contributed by atoms with Gasteiger partial charge in [-0.25, -0.2) is 4.98 Å². The fourth-order valence-corrected chi connectivity index (χ4v) is 1.75. The lowest BCUT2D eigenvalue weighted by Crippen LogP contribution is -2.41. The lowest BCUT2D eigenvalue weighted by atomic mass is 10.2. The van der Waals surface area contributed by atoms with Crippen LogP contribution in [-0.4, -0.2) is 35.1 Å². The molecular weight excluding hydrogens is 218 g/mol. The number of imidazole rings is 1. The number of aryl methyl sites for hydroxylation is 1. The first kappa shape index (κ1) is 14.2. The topological polar surface area (TPSA) is 62.3 Å². The Morgan fingerprint density at radius 1 is 1.29 bits per heavy atom. The van der Waals surface area contributed by atoms with E-state index in [9.17, 15) is 0 Å². The van der Waals surface area contributed by atoms with E-state index in [1.807, 2.05) is 20.0 Å². The van der Waals surface area contributed by atoms with E-state index in [4.69, 9.17) is 15.2 Å². The van der Waals surface area contributed by atoms with Crippen LogP contribution in [0.1, 0.15) is 26.6 Å². The first-order valence-electron chi connectivity index (χ1n) is 6.21. The monoisotopic (exact) mass is 241 g/mol. The van der Waals surface area contributed by atoms with Gasteiger partial charge < -0.3 is 19.8 Å². The summed E-state index contributed by atoms with van der Waals surface area (Å²) in [5.41, 5.74) is 6.10. The fourth-order valence-electron chi connectivity index (χ4n) is 1.75. The van der Waals surface area contributed by atoms with Crippen molar-refractivity contribution in [3.05, 3.63) is 18.2 Å². The molecule has 1 heterocycles. The van der Waals surface area contributed by atoms with Gasteiger partial charge in [-0.3, -0.25) is 0 Å². The molecule has 17 heavy (non-hydrogen) atoms. The van der Waals surface area contributed by atoms with Crippen LogP contribution in [0.15, 0.2) is 12.4 Å². The summed E-state index contributed by atoms with van der Waals surface area (Å²) in [6, 6.07) is -0.192. The summed E-state index contributed by atoms with van der Waals surface area (Å²) in [5, 5.41) is 0. The standard InChI is InChI=1S/C12H23N3O2/c1-4-15-8-7-14-11(15)9-10(13)12(16-5-2)17-6-3/h7-8,10,12H,4-6,9,13H2,1-3H3. The summed E-state index contributed by atoms with van der Waals surface area (Å²) in [5.74, 6) is 0.976. The zero-order valence-corrected chi connectivity index (χ0v) is 10.9. The second-order valence-electron chi connectivity index (χ2n) is 3.78. The maximum Gasteiger partial charge on any atom is 0.172 e. The van der Waals surface area contributed by atoms with Crippen molar-refractivity contribution in [2.45, 2.75) is 46.1 Å². The number of ether oxygens (including phenoxy) is 2. The van der Waals surface area contributed by atoms with E-state index >= 15 is 0 Å². The predicted molar refractivity (Wildman–Crippen MR) is 66.6 cm³/mol. The molecule has 5 heteroatoms. The Hall–Kier alpha value is -0.910. The summed E-state index contributed by atoms with van der Waals surface area (Å²) < 4.78 is 13.0. The first-order chi connectivity index (χ1) is 8.22. The molecule has 1 aromatic rings. The average Bonchev–Trinajstić information content (AvgIpc) is 2.76. The lowest BCUT2D eigenvalue weighted by Gasteiger charge is -2.23. The van der Waals surface area contributed by atoms with E-state index in [0.717, 1.165) is 12.4 Å². The van der Waals surface area contributed by atoms with Crippen LogP contribution in [0.4, 0.5) is 0 Å². The second-order valence-corrected chi connectivity index (χ2v) is 3.78. The molecule has 2 N–H and O–H groups in total. The summed E-state index contributed by atoms with van der Waals surface area (Å²) in [6.07, 6.45) is 4.05. The molecule has 1 unspecified atom stereocenters. The Labute approximate surface area is 103 Å². The van der Waals surface area contributed by atoms with Crippen molar-refractivity contribution in [3.63, 3.8) is 0 Å². The minimum atomic E-state index is -0.355. The quantitative estimate of drug-likeness (QED) is 0.694. The maximum absolute atomic E-state index is 6.10. The highest BCUT2D eigenvalue weighted by Crippen LogP contribution is 2.07. The van der Waals surface area contributed by atoms with Crippen LogP contribution in [0, 0.1) is 0 Å². The van der Waals surface area contributed by atoms with Gasteiger partial charge in [-0.15, -0.1) is 0 Å². The van der Waals surface area contributed by atoms with E-state index in [1.165, 1.54) is 0 Å². The Bertz CT molecular complexity index is 308. The van der Waals surface area contributed by atoms with Gasteiger partial charge >= 0.3 is 0 Å². The van der Waals surface area contributed by atoms with E-state index in [1.54, 1.807) is 6.20 Å². The smallest absolute Gasteiger partial charge is 0.172 e. The third kappa shape index (κ3) is 4.11. The zero-order chi connectivity index (χ0) is 12.7. The molecule has 0 aromatic carbocycles. The van der Waals surface area contributed by atoms with Crippen LogP contribution < -0.4 is 5.73 Å². The van der Waals surface area contributed by atoms with Crippen LogP contribution in [0.5, 0.6) is 0 Å². The molecule has 0 saturated carbocycles. The number of aromatic nitrogens is 2. The molecule has 1 aromatic heterocycles. The molecule has 0 amide bonds.